The largest absolute Gasteiger partial charge is 0.395 e. The highest BCUT2D eigenvalue weighted by Gasteiger charge is 2.10. The molecule has 1 aromatic rings. The number of aryl methyl sites for hydroxylation is 1. The van der Waals surface area contributed by atoms with Crippen LogP contribution in [0.25, 0.3) is 0 Å². The normalized spacial score (nSPS) is 10.3. The van der Waals surface area contributed by atoms with Gasteiger partial charge in [0.25, 0.3) is 0 Å². The number of nitrogens with zero attached hydrogens (tertiary/aromatic N) is 2. The molecule has 0 aliphatic heterocycles. The number of aromatic nitrogens is 1. The summed E-state index contributed by atoms with van der Waals surface area (Å²) in [4.78, 5) is 6.42. The Kier molecular flexibility index (Phi) is 4.73. The third kappa shape index (κ3) is 3.01. The van der Waals surface area contributed by atoms with Crippen LogP contribution in [0.2, 0.25) is 0 Å². The van der Waals surface area contributed by atoms with Crippen LogP contribution in [-0.2, 0) is 0 Å². The van der Waals surface area contributed by atoms with Gasteiger partial charge in [-0.1, -0.05) is 6.58 Å². The van der Waals surface area contributed by atoms with E-state index in [1.807, 2.05) is 18.9 Å². The lowest BCUT2D eigenvalue weighted by Gasteiger charge is -2.23. The molecule has 2 N–H and O–H groups in total. The van der Waals surface area contributed by atoms with E-state index in [1.165, 1.54) is 11.1 Å². The minimum atomic E-state index is 0.107. The van der Waals surface area contributed by atoms with Crippen molar-refractivity contribution in [2.75, 3.05) is 25.5 Å². The predicted octanol–water partition coefficient (Wildman–Crippen LogP) is 2.12. The number of likely N-dealkylation sites (N-methyl/N-ethyl adjacent to an activating group) is 1. The van der Waals surface area contributed by atoms with Crippen molar-refractivity contribution < 1.29 is 5.11 Å². The van der Waals surface area contributed by atoms with Crippen LogP contribution in [0, 0.1) is 27.7 Å². The van der Waals surface area contributed by atoms with Crippen LogP contribution in [0.4, 0.5) is 5.82 Å². The molecule has 0 aliphatic carbocycles. The Hall–Kier alpha value is -1.55. The minimum absolute atomic E-state index is 0.107. The molecule has 1 aromatic heterocycles. The van der Waals surface area contributed by atoms with E-state index in [0.29, 0.717) is 6.54 Å². The van der Waals surface area contributed by atoms with Gasteiger partial charge in [-0.25, -0.2) is 4.98 Å². The van der Waals surface area contributed by atoms with Gasteiger partial charge in [0.15, 0.2) is 0 Å². The second-order valence-corrected chi connectivity index (χ2v) is 4.64. The molecule has 0 aromatic carbocycles. The van der Waals surface area contributed by atoms with Crippen molar-refractivity contribution in [3.63, 3.8) is 0 Å². The van der Waals surface area contributed by atoms with Gasteiger partial charge in [-0.05, 0) is 44.4 Å². The lowest BCUT2D eigenvalue weighted by molar-refractivity contribution is 0.247. The molecule has 100 valence electrons. The summed E-state index contributed by atoms with van der Waals surface area (Å²) in [5.74, 6) is 1.58. The summed E-state index contributed by atoms with van der Waals surface area (Å²) >= 11 is 0. The first-order chi connectivity index (χ1) is 8.38. The van der Waals surface area contributed by atoms with Gasteiger partial charge in [0.05, 0.1) is 12.4 Å². The third-order valence-electron chi connectivity index (χ3n) is 3.46. The van der Waals surface area contributed by atoms with Crippen molar-refractivity contribution in [1.82, 2.24) is 9.88 Å². The Balaban J connectivity index is 2.95. The van der Waals surface area contributed by atoms with Crippen molar-refractivity contribution >= 4 is 5.82 Å². The van der Waals surface area contributed by atoms with Crippen molar-refractivity contribution in [3.05, 3.63) is 34.8 Å². The molecule has 0 spiro atoms. The number of anilines is 1. The number of aliphatic hydroxyl groups excluding tert-OH is 1. The highest BCUT2D eigenvalue weighted by Crippen LogP contribution is 2.22. The molecule has 4 heteroatoms. The Morgan fingerprint density at radius 1 is 1.22 bits per heavy atom. The van der Waals surface area contributed by atoms with E-state index in [-0.39, 0.29) is 6.61 Å². The molecule has 18 heavy (non-hydrogen) atoms. The lowest BCUT2D eigenvalue weighted by Crippen LogP contribution is -2.25. The summed E-state index contributed by atoms with van der Waals surface area (Å²) in [5.41, 5.74) is 4.64. The highest BCUT2D eigenvalue weighted by molar-refractivity contribution is 5.54. The standard InChI is InChI=1S/C14H23N3O/c1-9-10(2)12(4)15-14(11(9)3)16-13(5)17(6)7-8-18/h18H,5,7-8H2,1-4,6H3,(H,15,16). The fourth-order valence-corrected chi connectivity index (χ4v) is 1.70. The fraction of sp³-hybridized carbons (Fsp3) is 0.500. The zero-order chi connectivity index (χ0) is 13.9. The molecule has 0 radical (unpaired) electrons. The fourth-order valence-electron chi connectivity index (χ4n) is 1.70. The van der Waals surface area contributed by atoms with Crippen LogP contribution >= 0.6 is 0 Å². The van der Waals surface area contributed by atoms with Gasteiger partial charge in [-0.3, -0.25) is 0 Å². The van der Waals surface area contributed by atoms with E-state index in [4.69, 9.17) is 5.11 Å². The van der Waals surface area contributed by atoms with Crippen LogP contribution in [0.15, 0.2) is 12.4 Å². The first kappa shape index (κ1) is 14.5. The van der Waals surface area contributed by atoms with Crippen molar-refractivity contribution in [3.8, 4) is 0 Å². The zero-order valence-corrected chi connectivity index (χ0v) is 12.0. The number of pyridine rings is 1. The van der Waals surface area contributed by atoms with E-state index < -0.39 is 0 Å². The molecule has 0 saturated heterocycles. The van der Waals surface area contributed by atoms with Crippen LogP contribution in [0.3, 0.4) is 0 Å². The second kappa shape index (κ2) is 5.87. The predicted molar refractivity (Wildman–Crippen MR) is 75.7 cm³/mol. The van der Waals surface area contributed by atoms with E-state index >= 15 is 0 Å². The first-order valence-corrected chi connectivity index (χ1v) is 6.10. The summed E-state index contributed by atoms with van der Waals surface area (Å²) in [6.45, 7) is 12.9. The Morgan fingerprint density at radius 2 is 1.83 bits per heavy atom. The SMILES string of the molecule is C=C(Nc1nc(C)c(C)c(C)c1C)N(C)CCO. The number of hydrogen-bond acceptors (Lipinski definition) is 4. The van der Waals surface area contributed by atoms with Crippen molar-refractivity contribution in [1.29, 1.82) is 0 Å². The minimum Gasteiger partial charge on any atom is -0.395 e. The molecule has 0 aliphatic rings. The number of aliphatic hydroxyl groups is 1. The topological polar surface area (TPSA) is 48.4 Å². The van der Waals surface area contributed by atoms with E-state index in [0.717, 1.165) is 22.9 Å². The Labute approximate surface area is 109 Å². The maximum absolute atomic E-state index is 8.90. The van der Waals surface area contributed by atoms with Gasteiger partial charge in [-0.15, -0.1) is 0 Å². The second-order valence-electron chi connectivity index (χ2n) is 4.64. The molecule has 0 saturated carbocycles. The Morgan fingerprint density at radius 3 is 2.39 bits per heavy atom. The molecular formula is C14H23N3O. The van der Waals surface area contributed by atoms with Crippen LogP contribution in [-0.4, -0.2) is 35.2 Å². The number of hydrogen-bond donors (Lipinski definition) is 2. The van der Waals surface area contributed by atoms with Gasteiger partial charge < -0.3 is 15.3 Å². The van der Waals surface area contributed by atoms with Crippen LogP contribution in [0.1, 0.15) is 22.4 Å². The summed E-state index contributed by atoms with van der Waals surface area (Å²) in [5, 5.41) is 12.1. The summed E-state index contributed by atoms with van der Waals surface area (Å²) < 4.78 is 0. The van der Waals surface area contributed by atoms with Gasteiger partial charge in [0.2, 0.25) is 0 Å². The monoisotopic (exact) mass is 249 g/mol. The lowest BCUT2D eigenvalue weighted by atomic mass is 10.0. The average molecular weight is 249 g/mol. The number of nitrogens with one attached hydrogen (secondary N) is 1. The molecular weight excluding hydrogens is 226 g/mol. The molecule has 0 bridgehead atoms. The van der Waals surface area contributed by atoms with E-state index in [2.05, 4.69) is 37.7 Å². The molecule has 1 heterocycles. The summed E-state index contributed by atoms with van der Waals surface area (Å²) in [6.07, 6.45) is 0. The zero-order valence-electron chi connectivity index (χ0n) is 12.0. The van der Waals surface area contributed by atoms with E-state index in [1.54, 1.807) is 0 Å². The quantitative estimate of drug-likeness (QED) is 0.839. The summed E-state index contributed by atoms with van der Waals surface area (Å²) in [7, 11) is 1.88. The average Bonchev–Trinajstić information content (AvgIpc) is 2.33. The van der Waals surface area contributed by atoms with Crippen LogP contribution in [0.5, 0.6) is 0 Å². The molecule has 0 atom stereocenters. The Bertz CT molecular complexity index is 455. The van der Waals surface area contributed by atoms with Gasteiger partial charge in [0, 0.05) is 19.3 Å². The smallest absolute Gasteiger partial charge is 0.134 e. The molecule has 0 unspecified atom stereocenters. The van der Waals surface area contributed by atoms with Gasteiger partial charge in [-0.2, -0.15) is 0 Å². The van der Waals surface area contributed by atoms with Crippen molar-refractivity contribution in [2.45, 2.75) is 27.7 Å². The summed E-state index contributed by atoms with van der Waals surface area (Å²) in [6, 6.07) is 0. The number of rotatable bonds is 5. The maximum Gasteiger partial charge on any atom is 0.134 e. The van der Waals surface area contributed by atoms with E-state index in [9.17, 15) is 0 Å². The van der Waals surface area contributed by atoms with Gasteiger partial charge in [0.1, 0.15) is 5.82 Å². The molecule has 1 rings (SSSR count). The third-order valence-corrected chi connectivity index (χ3v) is 3.46. The molecule has 0 fully saturated rings. The maximum atomic E-state index is 8.90. The first-order valence-electron chi connectivity index (χ1n) is 6.10. The molecule has 0 amide bonds. The highest BCUT2D eigenvalue weighted by atomic mass is 16.3. The van der Waals surface area contributed by atoms with Crippen LogP contribution < -0.4 is 5.32 Å². The molecule has 4 nitrogen and oxygen atoms in total. The van der Waals surface area contributed by atoms with Crippen molar-refractivity contribution in [2.24, 2.45) is 0 Å². The van der Waals surface area contributed by atoms with Gasteiger partial charge >= 0.3 is 0 Å².